The van der Waals surface area contributed by atoms with E-state index < -0.39 is 9.45 Å². The molecule has 0 saturated carbocycles. The summed E-state index contributed by atoms with van der Waals surface area (Å²) in [6.45, 7) is 12.8. The van der Waals surface area contributed by atoms with E-state index in [-0.39, 0.29) is 0 Å². The molecule has 0 atom stereocenters. The van der Waals surface area contributed by atoms with Crippen molar-refractivity contribution in [3.63, 3.8) is 0 Å². The van der Waals surface area contributed by atoms with Gasteiger partial charge in [0.05, 0.1) is 0 Å². The molecule has 0 saturated heterocycles. The lowest BCUT2D eigenvalue weighted by molar-refractivity contribution is 1.34. The van der Waals surface area contributed by atoms with Crippen LogP contribution in [-0.2, 0) is 0 Å². The summed E-state index contributed by atoms with van der Waals surface area (Å²) in [7, 11) is -1.45. The molecule has 0 aromatic heterocycles. The summed E-state index contributed by atoms with van der Waals surface area (Å²) >= 11 is 0. The third-order valence-electron chi connectivity index (χ3n) is 3.60. The number of hydrogen-bond acceptors (Lipinski definition) is 0. The first-order valence-corrected chi connectivity index (χ1v) is 7.81. The molecule has 0 nitrogen and oxygen atoms in total. The Hall–Kier alpha value is -1.34. The highest BCUT2D eigenvalue weighted by molar-refractivity contribution is 6.69. The van der Waals surface area contributed by atoms with Crippen molar-refractivity contribution < 1.29 is 0 Å². The van der Waals surface area contributed by atoms with E-state index in [1.54, 1.807) is 0 Å². The first-order valence-electron chi connectivity index (χ1n) is 7.31. The fraction of sp³-hybridized carbons (Fsp3) is 0.333. The van der Waals surface area contributed by atoms with Gasteiger partial charge in [-0.3, -0.25) is 0 Å². The second kappa shape index (κ2) is 5.34. The Morgan fingerprint density at radius 3 is 1.16 bits per heavy atom. The Balaban J connectivity index is 2.61. The van der Waals surface area contributed by atoms with Gasteiger partial charge in [-0.2, -0.15) is 0 Å². The molecular weight excluding hydrogens is 244 g/mol. The lowest BCUT2D eigenvalue weighted by atomic mass is 10.1. The maximum absolute atomic E-state index is 8.86. The number of hydrogen-bond donors (Lipinski definition) is 0. The van der Waals surface area contributed by atoms with Gasteiger partial charge in [0, 0.05) is 1.23 Å². The zero-order valence-electron chi connectivity index (χ0n) is 13.8. The van der Waals surface area contributed by atoms with Crippen molar-refractivity contribution in [1.29, 1.82) is 1.23 Å². The summed E-state index contributed by atoms with van der Waals surface area (Å²) < 4.78 is 8.86. The molecule has 2 rings (SSSR count). The van der Waals surface area contributed by atoms with Gasteiger partial charge < -0.3 is 0 Å². The quantitative estimate of drug-likeness (QED) is 0.735. The van der Waals surface area contributed by atoms with Gasteiger partial charge in [0.1, 0.15) is 9.45 Å². The summed E-state index contributed by atoms with van der Waals surface area (Å²) in [5.41, 5.74) is 7.65. The topological polar surface area (TPSA) is 0 Å². The van der Waals surface area contributed by atoms with Gasteiger partial charge in [-0.25, -0.2) is 0 Å². The third kappa shape index (κ3) is 2.98. The predicted octanol–water partition coefficient (Wildman–Crippen LogP) is 2.92. The minimum absolute atomic E-state index is 1.26. The third-order valence-corrected chi connectivity index (χ3v) is 5.68. The highest BCUT2D eigenvalue weighted by Crippen LogP contribution is 2.08. The second-order valence-corrected chi connectivity index (χ2v) is 6.92. The van der Waals surface area contributed by atoms with Crippen LogP contribution in [0, 0.1) is 41.5 Å². The minimum Gasteiger partial charge on any atom is -0.0565 e. The van der Waals surface area contributed by atoms with Crippen molar-refractivity contribution in [2.75, 3.05) is 0 Å². The monoisotopic (exact) mass is 268 g/mol. The van der Waals surface area contributed by atoms with Crippen molar-refractivity contribution >= 4 is 19.8 Å². The van der Waals surface area contributed by atoms with E-state index >= 15 is 0 Å². The fourth-order valence-corrected chi connectivity index (χ4v) is 4.21. The summed E-state index contributed by atoms with van der Waals surface area (Å²) in [5.74, 6) is 0. The molecule has 0 aliphatic heterocycles. The molecule has 1 radical (unpaired) electrons. The predicted molar refractivity (Wildman–Crippen MR) is 87.7 cm³/mol. The van der Waals surface area contributed by atoms with Crippen LogP contribution in [0.3, 0.4) is 0 Å². The van der Waals surface area contributed by atoms with E-state index in [0.29, 0.717) is 0 Å². The largest absolute Gasteiger partial charge is 0.104 e. The standard InChI is InChI=1S/C18H23Si/c1-11-7-13(3)17(14(4)8-11)19-18-15(5)9-12(2)10-16(18)6/h7-10,19H,1-6H3/i19D. The Bertz CT molecular complexity index is 555. The summed E-state index contributed by atoms with van der Waals surface area (Å²) in [6, 6.07) is 8.83. The summed E-state index contributed by atoms with van der Waals surface area (Å²) in [6.07, 6.45) is 0. The Morgan fingerprint density at radius 1 is 0.632 bits per heavy atom. The Morgan fingerprint density at radius 2 is 0.895 bits per heavy atom. The first-order chi connectivity index (χ1) is 9.31. The van der Waals surface area contributed by atoms with Gasteiger partial charge in [-0.1, -0.05) is 68.0 Å². The summed E-state index contributed by atoms with van der Waals surface area (Å²) in [5, 5.41) is 2.52. The van der Waals surface area contributed by atoms with E-state index in [0.717, 1.165) is 0 Å². The molecule has 0 amide bonds. The lowest BCUT2D eigenvalue weighted by Gasteiger charge is -2.15. The number of benzene rings is 2. The van der Waals surface area contributed by atoms with Crippen LogP contribution in [0.2, 0.25) is 0 Å². The van der Waals surface area contributed by atoms with Crippen molar-refractivity contribution in [1.82, 2.24) is 0 Å². The van der Waals surface area contributed by atoms with Gasteiger partial charge in [0.2, 0.25) is 0 Å². The van der Waals surface area contributed by atoms with Crippen LogP contribution in [0.5, 0.6) is 0 Å². The van der Waals surface area contributed by atoms with Gasteiger partial charge in [0.25, 0.3) is 0 Å². The van der Waals surface area contributed by atoms with Crippen LogP contribution in [0.25, 0.3) is 0 Å². The fourth-order valence-electron chi connectivity index (χ4n) is 2.88. The van der Waals surface area contributed by atoms with Gasteiger partial charge >= 0.3 is 0 Å². The highest BCUT2D eigenvalue weighted by Gasteiger charge is 2.10. The Kier molecular flexibility index (Phi) is 3.56. The van der Waals surface area contributed by atoms with Crippen LogP contribution in [-0.4, -0.2) is 10.7 Å². The van der Waals surface area contributed by atoms with Crippen LogP contribution in [0.15, 0.2) is 24.3 Å². The first kappa shape index (κ1) is 12.7. The van der Waals surface area contributed by atoms with E-state index in [1.807, 2.05) is 0 Å². The molecule has 0 N–H and O–H groups in total. The van der Waals surface area contributed by atoms with E-state index in [4.69, 9.17) is 1.23 Å². The second-order valence-electron chi connectivity index (χ2n) is 5.67. The van der Waals surface area contributed by atoms with Crippen molar-refractivity contribution in [2.45, 2.75) is 41.5 Å². The zero-order chi connectivity index (χ0) is 15.0. The molecule has 0 heterocycles. The van der Waals surface area contributed by atoms with Gasteiger partial charge in [-0.15, -0.1) is 0 Å². The normalized spacial score (nSPS) is 11.8. The smallest absolute Gasteiger partial charge is 0.0565 e. The molecule has 99 valence electrons. The van der Waals surface area contributed by atoms with Gasteiger partial charge in [0.15, 0.2) is 0 Å². The maximum Gasteiger partial charge on any atom is 0.104 e. The van der Waals surface area contributed by atoms with E-state index in [1.165, 1.54) is 43.8 Å². The Labute approximate surface area is 120 Å². The van der Waals surface area contributed by atoms with Crippen molar-refractivity contribution in [3.05, 3.63) is 57.6 Å². The summed E-state index contributed by atoms with van der Waals surface area (Å²) in [4.78, 5) is 0. The van der Waals surface area contributed by atoms with Gasteiger partial charge in [-0.05, 0) is 41.5 Å². The molecule has 0 aliphatic carbocycles. The average molecular weight is 268 g/mol. The lowest BCUT2D eigenvalue weighted by Crippen LogP contribution is -2.34. The minimum atomic E-state index is -1.45. The molecule has 2 aromatic rings. The van der Waals surface area contributed by atoms with Crippen molar-refractivity contribution in [2.24, 2.45) is 0 Å². The molecule has 2 aromatic carbocycles. The SMILES string of the molecule is [2H][Si](c1c(C)cc(C)cc1C)c1c(C)cc(C)cc1C. The van der Waals surface area contributed by atoms with E-state index in [2.05, 4.69) is 65.8 Å². The maximum atomic E-state index is 8.86. The van der Waals surface area contributed by atoms with Crippen LogP contribution in [0.1, 0.15) is 33.4 Å². The molecule has 0 fully saturated rings. The number of rotatable bonds is 2. The highest BCUT2D eigenvalue weighted by atomic mass is 28.2. The van der Waals surface area contributed by atoms with Crippen molar-refractivity contribution in [3.8, 4) is 0 Å². The molecule has 1 heteroatoms. The van der Waals surface area contributed by atoms with Crippen LogP contribution < -0.4 is 10.4 Å². The molecule has 0 unspecified atom stereocenters. The molecular formula is C18H23Si. The van der Waals surface area contributed by atoms with E-state index in [9.17, 15) is 0 Å². The molecule has 19 heavy (non-hydrogen) atoms. The molecule has 0 aliphatic rings. The molecule has 0 spiro atoms. The zero-order valence-corrected chi connectivity index (χ0v) is 13.8. The van der Waals surface area contributed by atoms with Crippen LogP contribution in [0.4, 0.5) is 0 Å². The average Bonchev–Trinajstić information content (AvgIpc) is 2.25. The molecule has 0 bridgehead atoms. The van der Waals surface area contributed by atoms with Crippen LogP contribution >= 0.6 is 0 Å². The number of aryl methyl sites for hydroxylation is 6.